The molecule has 7 nitrogen and oxygen atoms in total. The van der Waals surface area contributed by atoms with E-state index in [0.717, 1.165) is 0 Å². The van der Waals surface area contributed by atoms with Gasteiger partial charge in [0.2, 0.25) is 11.5 Å². The number of hydrogen-bond acceptors (Lipinski definition) is 4. The molecule has 0 saturated heterocycles. The number of carbonyl (C=O) groups excluding carboxylic acids is 1. The molecule has 0 aliphatic rings. The Kier molecular flexibility index (Phi) is 7.01. The van der Waals surface area contributed by atoms with Crippen molar-refractivity contribution in [2.45, 2.75) is 31.7 Å². The first-order valence-electron chi connectivity index (χ1n) is 12.4. The number of rotatable bonds is 8. The number of halogens is 4. The number of aromatic nitrogens is 3. The number of ether oxygens (including phenoxy) is 1. The third-order valence-corrected chi connectivity index (χ3v) is 6.92. The SMILES string of the molecule is COc1ccc2c(c1)c(CCNC(C)=O)cn2CC(O)(c1ccc2c(cnn2-c2ccc(F)cc2)c1)C(F)(F)F. The van der Waals surface area contributed by atoms with Crippen LogP contribution in [0.15, 0.2) is 73.1 Å². The Hall–Kier alpha value is -4.38. The molecule has 2 heterocycles. The predicted octanol–water partition coefficient (Wildman–Crippen LogP) is 5.26. The molecular formula is C29H26F4N4O3. The minimum Gasteiger partial charge on any atom is -0.497 e. The Balaban J connectivity index is 1.56. The summed E-state index contributed by atoms with van der Waals surface area (Å²) in [6.07, 6.45) is -1.69. The Morgan fingerprint density at radius 2 is 1.77 bits per heavy atom. The van der Waals surface area contributed by atoms with Gasteiger partial charge in [0.05, 0.1) is 31.1 Å². The minimum absolute atomic E-state index is 0.217. The van der Waals surface area contributed by atoms with E-state index in [1.807, 2.05) is 0 Å². The molecule has 0 radical (unpaired) electrons. The number of hydrogen-bond donors (Lipinski definition) is 2. The second-order valence-corrected chi connectivity index (χ2v) is 9.56. The summed E-state index contributed by atoms with van der Waals surface area (Å²) in [6, 6.07) is 14.5. The number of fused-ring (bicyclic) bond motifs is 2. The molecular weight excluding hydrogens is 528 g/mol. The Bertz CT molecular complexity index is 1690. The van der Waals surface area contributed by atoms with Gasteiger partial charge in [0.25, 0.3) is 0 Å². The van der Waals surface area contributed by atoms with Crippen LogP contribution in [-0.2, 0) is 23.4 Å². The minimum atomic E-state index is -5.02. The summed E-state index contributed by atoms with van der Waals surface area (Å²) in [5.41, 5.74) is -1.37. The monoisotopic (exact) mass is 554 g/mol. The first-order chi connectivity index (χ1) is 19.0. The topological polar surface area (TPSA) is 81.3 Å². The first kappa shape index (κ1) is 27.2. The molecule has 40 heavy (non-hydrogen) atoms. The maximum absolute atomic E-state index is 14.6. The van der Waals surface area contributed by atoms with Crippen molar-refractivity contribution in [2.75, 3.05) is 13.7 Å². The summed E-state index contributed by atoms with van der Waals surface area (Å²) in [7, 11) is 1.49. The highest BCUT2D eigenvalue weighted by molar-refractivity contribution is 5.86. The molecule has 0 spiro atoms. The highest BCUT2D eigenvalue weighted by atomic mass is 19.4. The molecule has 3 aromatic carbocycles. The van der Waals surface area contributed by atoms with E-state index in [0.29, 0.717) is 51.8 Å². The van der Waals surface area contributed by atoms with Crippen LogP contribution in [0.5, 0.6) is 5.75 Å². The van der Waals surface area contributed by atoms with Crippen molar-refractivity contribution < 1.29 is 32.2 Å². The highest BCUT2D eigenvalue weighted by Crippen LogP contribution is 2.42. The van der Waals surface area contributed by atoms with Crippen LogP contribution >= 0.6 is 0 Å². The quantitative estimate of drug-likeness (QED) is 0.257. The molecule has 1 unspecified atom stereocenters. The number of carbonyl (C=O) groups is 1. The van der Waals surface area contributed by atoms with Crippen LogP contribution in [0.4, 0.5) is 17.6 Å². The van der Waals surface area contributed by atoms with E-state index in [1.54, 1.807) is 24.4 Å². The summed E-state index contributed by atoms with van der Waals surface area (Å²) in [5, 5.41) is 19.3. The fourth-order valence-electron chi connectivity index (χ4n) is 4.85. The van der Waals surface area contributed by atoms with Gasteiger partial charge in [-0.25, -0.2) is 9.07 Å². The molecule has 2 N–H and O–H groups in total. The Morgan fingerprint density at radius 3 is 2.45 bits per heavy atom. The summed E-state index contributed by atoms with van der Waals surface area (Å²) >= 11 is 0. The van der Waals surface area contributed by atoms with Gasteiger partial charge in [0.1, 0.15) is 11.6 Å². The lowest BCUT2D eigenvalue weighted by Crippen LogP contribution is -2.45. The summed E-state index contributed by atoms with van der Waals surface area (Å²) in [6.45, 7) is 0.872. The van der Waals surface area contributed by atoms with Gasteiger partial charge < -0.3 is 19.7 Å². The molecule has 5 aromatic rings. The molecule has 0 aliphatic carbocycles. The molecule has 208 valence electrons. The van der Waals surface area contributed by atoms with Crippen LogP contribution in [0, 0.1) is 5.82 Å². The number of nitrogens with one attached hydrogen (secondary N) is 1. The van der Waals surface area contributed by atoms with Crippen LogP contribution in [0.1, 0.15) is 18.1 Å². The van der Waals surface area contributed by atoms with Crippen LogP contribution in [-0.4, -0.2) is 45.2 Å². The fraction of sp³-hybridized carbons (Fsp3) is 0.241. The van der Waals surface area contributed by atoms with Gasteiger partial charge >= 0.3 is 6.18 Å². The molecule has 5 rings (SSSR count). The number of nitrogens with zero attached hydrogens (tertiary/aromatic N) is 3. The van der Waals surface area contributed by atoms with Gasteiger partial charge in [-0.05, 0) is 72.1 Å². The average Bonchev–Trinajstić information content (AvgIpc) is 3.49. The molecule has 0 bridgehead atoms. The Labute approximate surface area is 226 Å². The molecule has 0 fully saturated rings. The van der Waals surface area contributed by atoms with Crippen LogP contribution in [0.25, 0.3) is 27.5 Å². The van der Waals surface area contributed by atoms with Gasteiger partial charge in [-0.1, -0.05) is 6.07 Å². The third kappa shape index (κ3) is 5.00. The molecule has 2 aromatic heterocycles. The predicted molar refractivity (Wildman–Crippen MR) is 142 cm³/mol. The van der Waals surface area contributed by atoms with Crippen molar-refractivity contribution in [1.29, 1.82) is 0 Å². The van der Waals surface area contributed by atoms with E-state index >= 15 is 0 Å². The van der Waals surface area contributed by atoms with E-state index in [-0.39, 0.29) is 11.5 Å². The lowest BCUT2D eigenvalue weighted by atomic mass is 9.91. The van der Waals surface area contributed by atoms with Crippen molar-refractivity contribution in [1.82, 2.24) is 19.7 Å². The zero-order chi connectivity index (χ0) is 28.7. The van der Waals surface area contributed by atoms with Crippen molar-refractivity contribution in [2.24, 2.45) is 0 Å². The molecule has 1 atom stereocenters. The largest absolute Gasteiger partial charge is 0.497 e. The lowest BCUT2D eigenvalue weighted by Gasteiger charge is -2.32. The first-order valence-corrected chi connectivity index (χ1v) is 12.4. The van der Waals surface area contributed by atoms with Gasteiger partial charge in [-0.15, -0.1) is 0 Å². The third-order valence-electron chi connectivity index (χ3n) is 6.92. The lowest BCUT2D eigenvalue weighted by molar-refractivity contribution is -0.271. The standard InChI is InChI=1S/C29H26F4N4O3/c1-18(38)34-12-11-19-16-36(27-10-8-24(40-2)14-25(19)27)17-28(39,29(31,32)33)21-3-9-26-20(13-21)15-35-37(26)23-6-4-22(30)5-7-23/h3-10,13-16,39H,11-12,17H2,1-2H3,(H,34,38). The number of benzene rings is 3. The van der Waals surface area contributed by atoms with Crippen molar-refractivity contribution in [3.63, 3.8) is 0 Å². The molecule has 0 saturated carbocycles. The van der Waals surface area contributed by atoms with E-state index in [2.05, 4.69) is 10.4 Å². The zero-order valence-electron chi connectivity index (χ0n) is 21.7. The van der Waals surface area contributed by atoms with Crippen molar-refractivity contribution >= 4 is 27.7 Å². The number of methoxy groups -OCH3 is 1. The van der Waals surface area contributed by atoms with Gasteiger partial charge in [0.15, 0.2) is 0 Å². The maximum Gasteiger partial charge on any atom is 0.423 e. The summed E-state index contributed by atoms with van der Waals surface area (Å²) in [5.74, 6) is -0.112. The highest BCUT2D eigenvalue weighted by Gasteiger charge is 2.55. The summed E-state index contributed by atoms with van der Waals surface area (Å²) < 4.78 is 65.4. The zero-order valence-corrected chi connectivity index (χ0v) is 21.7. The number of aliphatic hydroxyl groups is 1. The van der Waals surface area contributed by atoms with Crippen molar-refractivity contribution in [3.05, 3.63) is 90.0 Å². The molecule has 0 aliphatic heterocycles. The fourth-order valence-corrected chi connectivity index (χ4v) is 4.85. The van der Waals surface area contributed by atoms with Gasteiger partial charge in [0, 0.05) is 36.0 Å². The number of alkyl halides is 3. The average molecular weight is 555 g/mol. The Morgan fingerprint density at radius 1 is 1.05 bits per heavy atom. The van der Waals surface area contributed by atoms with E-state index in [1.165, 1.54) is 71.9 Å². The second kappa shape index (κ2) is 10.3. The van der Waals surface area contributed by atoms with Gasteiger partial charge in [-0.3, -0.25) is 4.79 Å². The van der Waals surface area contributed by atoms with E-state index in [9.17, 15) is 27.5 Å². The van der Waals surface area contributed by atoms with E-state index in [4.69, 9.17) is 4.74 Å². The summed E-state index contributed by atoms with van der Waals surface area (Å²) in [4.78, 5) is 11.3. The molecule has 1 amide bonds. The van der Waals surface area contributed by atoms with Crippen molar-refractivity contribution in [3.8, 4) is 11.4 Å². The van der Waals surface area contributed by atoms with Crippen LogP contribution in [0.3, 0.4) is 0 Å². The normalized spacial score (nSPS) is 13.5. The van der Waals surface area contributed by atoms with E-state index < -0.39 is 24.1 Å². The van der Waals surface area contributed by atoms with Gasteiger partial charge in [-0.2, -0.15) is 18.3 Å². The molecule has 11 heteroatoms. The number of amides is 1. The van der Waals surface area contributed by atoms with Crippen LogP contribution in [0.2, 0.25) is 0 Å². The van der Waals surface area contributed by atoms with Crippen LogP contribution < -0.4 is 10.1 Å². The maximum atomic E-state index is 14.6. The smallest absolute Gasteiger partial charge is 0.423 e. The second-order valence-electron chi connectivity index (χ2n) is 9.56.